The van der Waals surface area contributed by atoms with Gasteiger partial charge >= 0.3 is 0 Å². The molecule has 2 rings (SSSR count). The smallest absolute Gasteiger partial charge is 0.245 e. The predicted molar refractivity (Wildman–Crippen MR) is 67.6 cm³/mol. The molecule has 1 aliphatic carbocycles. The van der Waals surface area contributed by atoms with Gasteiger partial charge in [0.2, 0.25) is 5.91 Å². The van der Waals surface area contributed by atoms with Gasteiger partial charge in [0.25, 0.3) is 0 Å². The molecule has 1 heterocycles. The fraction of sp³-hybridized carbons (Fsp3) is 0.615. The summed E-state index contributed by atoms with van der Waals surface area (Å²) in [6.07, 6.45) is 7.08. The fourth-order valence-electron chi connectivity index (χ4n) is 2.45. The largest absolute Gasteiger partial charge is 0.310 e. The number of nitrogens with one attached hydrogen (secondary N) is 1. The van der Waals surface area contributed by atoms with Gasteiger partial charge in [-0.2, -0.15) is 10.4 Å². The summed E-state index contributed by atoms with van der Waals surface area (Å²) in [6.45, 7) is 0. The summed E-state index contributed by atoms with van der Waals surface area (Å²) in [5.41, 5.74) is -0.860. The highest BCUT2D eigenvalue weighted by Crippen LogP contribution is 2.35. The van der Waals surface area contributed by atoms with E-state index < -0.39 is 5.41 Å². The van der Waals surface area contributed by atoms with E-state index in [4.69, 9.17) is 0 Å². The quantitative estimate of drug-likeness (QED) is 0.813. The molecule has 1 amide bonds. The van der Waals surface area contributed by atoms with Gasteiger partial charge in [0.15, 0.2) is 0 Å². The molecule has 5 heteroatoms. The number of carbonyl (C=O) groups is 1. The van der Waals surface area contributed by atoms with Crippen LogP contribution in [0.15, 0.2) is 12.3 Å². The number of hydrogen-bond acceptors (Lipinski definition) is 3. The molecular formula is C13H18N4O. The van der Waals surface area contributed by atoms with E-state index in [1.165, 1.54) is 0 Å². The molecule has 0 unspecified atom stereocenters. The number of nitriles is 1. The molecule has 5 nitrogen and oxygen atoms in total. The fourth-order valence-corrected chi connectivity index (χ4v) is 2.45. The molecule has 0 aromatic carbocycles. The zero-order valence-electron chi connectivity index (χ0n) is 10.6. The van der Waals surface area contributed by atoms with Crippen LogP contribution in [-0.4, -0.2) is 15.7 Å². The van der Waals surface area contributed by atoms with E-state index in [2.05, 4.69) is 16.5 Å². The summed E-state index contributed by atoms with van der Waals surface area (Å²) in [7, 11) is 1.77. The maximum absolute atomic E-state index is 12.3. The molecule has 1 fully saturated rings. The number of carbonyl (C=O) groups excluding carboxylic acids is 1. The predicted octanol–water partition coefficient (Wildman–Crippen LogP) is 2.22. The van der Waals surface area contributed by atoms with Gasteiger partial charge in [0.05, 0.1) is 12.3 Å². The zero-order valence-corrected chi connectivity index (χ0v) is 10.6. The second-order valence-electron chi connectivity index (χ2n) is 4.90. The molecule has 1 aromatic rings. The Morgan fingerprint density at radius 1 is 1.44 bits per heavy atom. The topological polar surface area (TPSA) is 70.7 Å². The van der Waals surface area contributed by atoms with E-state index in [1.807, 2.05) is 0 Å². The molecule has 1 aliphatic rings. The van der Waals surface area contributed by atoms with Crippen molar-refractivity contribution in [3.8, 4) is 6.07 Å². The van der Waals surface area contributed by atoms with Crippen LogP contribution < -0.4 is 5.32 Å². The number of aromatic nitrogens is 2. The molecule has 0 aliphatic heterocycles. The summed E-state index contributed by atoms with van der Waals surface area (Å²) >= 11 is 0. The second kappa shape index (κ2) is 5.21. The minimum absolute atomic E-state index is 0.185. The minimum atomic E-state index is -0.860. The Balaban J connectivity index is 2.15. The van der Waals surface area contributed by atoms with Crippen molar-refractivity contribution < 1.29 is 4.79 Å². The van der Waals surface area contributed by atoms with Gasteiger partial charge < -0.3 is 5.32 Å². The first-order valence-corrected chi connectivity index (χ1v) is 6.39. The van der Waals surface area contributed by atoms with Crippen LogP contribution in [0.3, 0.4) is 0 Å². The summed E-state index contributed by atoms with van der Waals surface area (Å²) in [4.78, 5) is 12.3. The maximum atomic E-state index is 12.3. The molecule has 96 valence electrons. The number of nitrogens with zero attached hydrogens (tertiary/aromatic N) is 3. The van der Waals surface area contributed by atoms with Crippen LogP contribution in [-0.2, 0) is 11.8 Å². The lowest BCUT2D eigenvalue weighted by Gasteiger charge is -2.23. The van der Waals surface area contributed by atoms with Crippen LogP contribution in [0.2, 0.25) is 0 Å². The van der Waals surface area contributed by atoms with Crippen molar-refractivity contribution in [3.63, 3.8) is 0 Å². The lowest BCUT2D eigenvalue weighted by molar-refractivity contribution is -0.123. The Kier molecular flexibility index (Phi) is 3.66. The standard InChI is InChI=1S/C13H18N4O/c1-17-11(6-9-15-17)16-12(18)13(10-14)7-4-2-3-5-8-13/h6,9H,2-5,7-8H2,1H3,(H,16,18). The van der Waals surface area contributed by atoms with Gasteiger partial charge in [-0.15, -0.1) is 0 Å². The summed E-state index contributed by atoms with van der Waals surface area (Å²) in [5.74, 6) is 0.453. The van der Waals surface area contributed by atoms with Gasteiger partial charge in [0, 0.05) is 13.1 Å². The molecule has 1 saturated carbocycles. The number of amides is 1. The first-order chi connectivity index (χ1) is 8.68. The summed E-state index contributed by atoms with van der Waals surface area (Å²) in [5, 5.41) is 16.2. The summed E-state index contributed by atoms with van der Waals surface area (Å²) in [6, 6.07) is 3.98. The van der Waals surface area contributed by atoms with Gasteiger partial charge in [-0.05, 0) is 12.8 Å². The highest BCUT2D eigenvalue weighted by Gasteiger charge is 2.39. The van der Waals surface area contributed by atoms with E-state index in [1.54, 1.807) is 24.0 Å². The van der Waals surface area contributed by atoms with Crippen molar-refractivity contribution in [3.05, 3.63) is 12.3 Å². The number of anilines is 1. The molecule has 0 spiro atoms. The van der Waals surface area contributed by atoms with Gasteiger partial charge in [-0.1, -0.05) is 25.7 Å². The zero-order chi connectivity index (χ0) is 13.0. The van der Waals surface area contributed by atoms with E-state index >= 15 is 0 Å². The van der Waals surface area contributed by atoms with Gasteiger partial charge in [0.1, 0.15) is 11.2 Å². The van der Waals surface area contributed by atoms with Crippen LogP contribution in [0.4, 0.5) is 5.82 Å². The molecule has 1 N–H and O–H groups in total. The van der Waals surface area contributed by atoms with Crippen molar-refractivity contribution in [2.45, 2.75) is 38.5 Å². The highest BCUT2D eigenvalue weighted by molar-refractivity contribution is 5.96. The minimum Gasteiger partial charge on any atom is -0.310 e. The van der Waals surface area contributed by atoms with Crippen LogP contribution in [0.25, 0.3) is 0 Å². The van der Waals surface area contributed by atoms with Crippen molar-refractivity contribution in [2.75, 3.05) is 5.32 Å². The molecular weight excluding hydrogens is 228 g/mol. The molecule has 0 atom stereocenters. The van der Waals surface area contributed by atoms with Crippen LogP contribution in [0.5, 0.6) is 0 Å². The SMILES string of the molecule is Cn1nccc1NC(=O)C1(C#N)CCCCCC1. The van der Waals surface area contributed by atoms with Crippen molar-refractivity contribution in [1.29, 1.82) is 5.26 Å². The van der Waals surface area contributed by atoms with E-state index in [0.29, 0.717) is 18.7 Å². The lowest BCUT2D eigenvalue weighted by Crippen LogP contribution is -2.35. The first-order valence-electron chi connectivity index (χ1n) is 6.39. The van der Waals surface area contributed by atoms with Crippen molar-refractivity contribution in [1.82, 2.24) is 9.78 Å². The average Bonchev–Trinajstić information content (AvgIpc) is 2.66. The third kappa shape index (κ3) is 2.37. The Bertz CT molecular complexity index is 464. The highest BCUT2D eigenvalue weighted by atomic mass is 16.2. The Labute approximate surface area is 107 Å². The number of rotatable bonds is 2. The Morgan fingerprint density at radius 2 is 2.11 bits per heavy atom. The number of hydrogen-bond donors (Lipinski definition) is 1. The van der Waals surface area contributed by atoms with Crippen LogP contribution in [0, 0.1) is 16.7 Å². The van der Waals surface area contributed by atoms with Crippen molar-refractivity contribution in [2.24, 2.45) is 12.5 Å². The van der Waals surface area contributed by atoms with E-state index in [9.17, 15) is 10.1 Å². The normalized spacial score (nSPS) is 18.7. The molecule has 1 aromatic heterocycles. The van der Waals surface area contributed by atoms with E-state index in [-0.39, 0.29) is 5.91 Å². The third-order valence-electron chi connectivity index (χ3n) is 3.67. The van der Waals surface area contributed by atoms with E-state index in [0.717, 1.165) is 25.7 Å². The molecule has 18 heavy (non-hydrogen) atoms. The van der Waals surface area contributed by atoms with Crippen LogP contribution in [0.1, 0.15) is 38.5 Å². The molecule has 0 bridgehead atoms. The van der Waals surface area contributed by atoms with Gasteiger partial charge in [-0.3, -0.25) is 9.48 Å². The summed E-state index contributed by atoms with van der Waals surface area (Å²) < 4.78 is 1.60. The van der Waals surface area contributed by atoms with Crippen LogP contribution >= 0.6 is 0 Å². The van der Waals surface area contributed by atoms with Crippen molar-refractivity contribution >= 4 is 11.7 Å². The second-order valence-corrected chi connectivity index (χ2v) is 4.90. The third-order valence-corrected chi connectivity index (χ3v) is 3.67. The Morgan fingerprint density at radius 3 is 2.61 bits per heavy atom. The first kappa shape index (κ1) is 12.6. The lowest BCUT2D eigenvalue weighted by atomic mass is 9.81. The average molecular weight is 246 g/mol. The van der Waals surface area contributed by atoms with Gasteiger partial charge in [-0.25, -0.2) is 0 Å². The Hall–Kier alpha value is -1.83. The molecule has 0 saturated heterocycles. The number of aryl methyl sites for hydroxylation is 1. The maximum Gasteiger partial charge on any atom is 0.245 e. The monoisotopic (exact) mass is 246 g/mol. The molecule has 0 radical (unpaired) electrons.